The number of aromatic nitrogens is 4. The van der Waals surface area contributed by atoms with Crippen molar-refractivity contribution < 1.29 is 0 Å². The molecule has 3 saturated carbocycles. The van der Waals surface area contributed by atoms with Gasteiger partial charge < -0.3 is 10.6 Å². The molecular weight excluding hydrogens is 388 g/mol. The fraction of sp³-hybridized carbons (Fsp3) is 0.348. The number of fused-ring (bicyclic) bond motifs is 1. The Morgan fingerprint density at radius 1 is 1.10 bits per heavy atom. The molecule has 6 rings (SSSR count). The minimum absolute atomic E-state index is 0.0629. The molecule has 154 valence electrons. The molecule has 0 amide bonds. The van der Waals surface area contributed by atoms with Crippen LogP contribution in [0, 0.1) is 48.8 Å². The lowest BCUT2D eigenvalue weighted by Crippen LogP contribution is -2.70. The SMILES string of the molecule is Cc1cc(/C=C/C#N)cc(C)c1Nc1nc(NC23CC(C#N)(C2)C3)nc2n[nH]c(C)c12. The molecule has 31 heavy (non-hydrogen) atoms. The molecule has 0 radical (unpaired) electrons. The molecule has 3 aliphatic rings. The Labute approximate surface area is 180 Å². The van der Waals surface area contributed by atoms with E-state index in [1.165, 1.54) is 6.08 Å². The maximum absolute atomic E-state index is 9.28. The highest BCUT2D eigenvalue weighted by Gasteiger charge is 2.69. The molecule has 2 aromatic heterocycles. The van der Waals surface area contributed by atoms with E-state index in [9.17, 15) is 5.26 Å². The summed E-state index contributed by atoms with van der Waals surface area (Å²) in [6.45, 7) is 6.01. The first-order chi connectivity index (χ1) is 14.9. The van der Waals surface area contributed by atoms with Crippen LogP contribution < -0.4 is 10.6 Å². The molecular formula is C23H22N8. The third-order valence-corrected chi connectivity index (χ3v) is 6.39. The number of H-pyrrole nitrogens is 1. The Morgan fingerprint density at radius 2 is 1.81 bits per heavy atom. The lowest BCUT2D eigenvalue weighted by molar-refractivity contribution is -0.0664. The van der Waals surface area contributed by atoms with Gasteiger partial charge in [0.1, 0.15) is 5.82 Å². The summed E-state index contributed by atoms with van der Waals surface area (Å²) in [5.74, 6) is 1.21. The van der Waals surface area contributed by atoms with Gasteiger partial charge in [0.05, 0.1) is 22.9 Å². The van der Waals surface area contributed by atoms with Gasteiger partial charge in [-0.05, 0) is 74.9 Å². The minimum Gasteiger partial charge on any atom is -0.348 e. The van der Waals surface area contributed by atoms with E-state index in [1.807, 2.05) is 39.0 Å². The summed E-state index contributed by atoms with van der Waals surface area (Å²) in [6.07, 6.45) is 5.80. The Bertz CT molecular complexity index is 1290. The normalized spacial score (nSPS) is 23.6. The highest BCUT2D eigenvalue weighted by atomic mass is 15.2. The molecule has 8 heteroatoms. The molecule has 2 heterocycles. The highest BCUT2D eigenvalue weighted by Crippen LogP contribution is 2.67. The van der Waals surface area contributed by atoms with E-state index in [0.717, 1.165) is 52.7 Å². The predicted octanol–water partition coefficient (Wildman–Crippen LogP) is 4.42. The Morgan fingerprint density at radius 3 is 2.45 bits per heavy atom. The highest BCUT2D eigenvalue weighted by molar-refractivity contribution is 5.92. The van der Waals surface area contributed by atoms with Crippen LogP contribution in [0.4, 0.5) is 17.5 Å². The van der Waals surface area contributed by atoms with Crippen molar-refractivity contribution >= 4 is 34.6 Å². The number of hydrogen-bond acceptors (Lipinski definition) is 7. The summed E-state index contributed by atoms with van der Waals surface area (Å²) in [5.41, 5.74) is 5.33. The van der Waals surface area contributed by atoms with E-state index in [-0.39, 0.29) is 11.0 Å². The number of nitriles is 2. The number of nitrogens with zero attached hydrogens (tertiary/aromatic N) is 5. The monoisotopic (exact) mass is 410 g/mol. The molecule has 0 unspecified atom stereocenters. The van der Waals surface area contributed by atoms with Crippen LogP contribution in [-0.2, 0) is 0 Å². The summed E-state index contributed by atoms with van der Waals surface area (Å²) in [4.78, 5) is 9.39. The smallest absolute Gasteiger partial charge is 0.227 e. The summed E-state index contributed by atoms with van der Waals surface area (Å²) in [5, 5.41) is 33.2. The molecule has 1 aromatic carbocycles. The number of aromatic amines is 1. The summed E-state index contributed by atoms with van der Waals surface area (Å²) >= 11 is 0. The third kappa shape index (κ3) is 3.00. The average molecular weight is 410 g/mol. The van der Waals surface area contributed by atoms with Crippen molar-refractivity contribution in [1.29, 1.82) is 10.5 Å². The second-order valence-corrected chi connectivity index (χ2v) is 8.89. The summed E-state index contributed by atoms with van der Waals surface area (Å²) < 4.78 is 0. The fourth-order valence-electron chi connectivity index (χ4n) is 5.03. The number of nitrogens with one attached hydrogen (secondary N) is 3. The van der Waals surface area contributed by atoms with Crippen LogP contribution in [0.5, 0.6) is 0 Å². The summed E-state index contributed by atoms with van der Waals surface area (Å²) in [7, 11) is 0. The summed E-state index contributed by atoms with van der Waals surface area (Å²) in [6, 6.07) is 8.52. The molecule has 0 saturated heterocycles. The molecule has 8 nitrogen and oxygen atoms in total. The maximum Gasteiger partial charge on any atom is 0.227 e. The van der Waals surface area contributed by atoms with E-state index in [4.69, 9.17) is 10.2 Å². The van der Waals surface area contributed by atoms with Gasteiger partial charge in [0.2, 0.25) is 5.95 Å². The van der Waals surface area contributed by atoms with Crippen LogP contribution in [0.15, 0.2) is 18.2 Å². The first-order valence-corrected chi connectivity index (χ1v) is 10.2. The molecule has 0 aliphatic heterocycles. The van der Waals surface area contributed by atoms with Crippen molar-refractivity contribution in [3.05, 3.63) is 40.6 Å². The zero-order valence-electron chi connectivity index (χ0n) is 17.7. The van der Waals surface area contributed by atoms with Crippen LogP contribution >= 0.6 is 0 Å². The topological polar surface area (TPSA) is 126 Å². The second-order valence-electron chi connectivity index (χ2n) is 8.89. The molecule has 3 aromatic rings. The zero-order valence-corrected chi connectivity index (χ0v) is 17.7. The average Bonchev–Trinajstić information content (AvgIpc) is 3.05. The van der Waals surface area contributed by atoms with Gasteiger partial charge in [-0.1, -0.05) is 0 Å². The van der Waals surface area contributed by atoms with Gasteiger partial charge in [0.25, 0.3) is 0 Å². The van der Waals surface area contributed by atoms with Crippen molar-refractivity contribution in [2.45, 2.75) is 45.6 Å². The van der Waals surface area contributed by atoms with Gasteiger partial charge in [0, 0.05) is 23.0 Å². The largest absolute Gasteiger partial charge is 0.348 e. The molecule has 3 aliphatic carbocycles. The molecule has 2 bridgehead atoms. The van der Waals surface area contributed by atoms with E-state index >= 15 is 0 Å². The predicted molar refractivity (Wildman–Crippen MR) is 119 cm³/mol. The second kappa shape index (κ2) is 6.55. The molecule has 3 fully saturated rings. The van der Waals surface area contributed by atoms with Crippen LogP contribution in [0.2, 0.25) is 0 Å². The quantitative estimate of drug-likeness (QED) is 0.532. The number of anilines is 3. The number of hydrogen-bond donors (Lipinski definition) is 3. The van der Waals surface area contributed by atoms with Crippen LogP contribution in [0.25, 0.3) is 17.1 Å². The molecule has 0 spiro atoms. The Balaban J connectivity index is 1.50. The van der Waals surface area contributed by atoms with Gasteiger partial charge in [-0.2, -0.15) is 25.6 Å². The van der Waals surface area contributed by atoms with Crippen LogP contribution in [0.1, 0.15) is 41.6 Å². The van der Waals surface area contributed by atoms with Crippen molar-refractivity contribution in [3.8, 4) is 12.1 Å². The lowest BCUT2D eigenvalue weighted by atomic mass is 9.40. The van der Waals surface area contributed by atoms with Gasteiger partial charge in [-0.25, -0.2) is 0 Å². The number of allylic oxidation sites excluding steroid dienone is 1. The Hall–Kier alpha value is -3.91. The van der Waals surface area contributed by atoms with Gasteiger partial charge >= 0.3 is 0 Å². The number of benzene rings is 1. The third-order valence-electron chi connectivity index (χ3n) is 6.39. The minimum atomic E-state index is -0.142. The van der Waals surface area contributed by atoms with E-state index in [2.05, 4.69) is 31.9 Å². The lowest BCUT2D eigenvalue weighted by Gasteiger charge is -2.66. The van der Waals surface area contributed by atoms with Gasteiger partial charge in [-0.15, -0.1) is 0 Å². The van der Waals surface area contributed by atoms with E-state index < -0.39 is 0 Å². The standard InChI is InChI=1S/C23H22N8/c1-13-7-16(5-4-6-24)8-14(2)18(13)26-19-17-15(3)30-31-20(17)28-21(27-19)29-23-9-22(10-23,11-23)12-25/h4-5,7-8H,9-11H2,1-3H3,(H3,26,27,28,29,30,31)/b5-4+. The van der Waals surface area contributed by atoms with Crippen molar-refractivity contribution in [3.63, 3.8) is 0 Å². The van der Waals surface area contributed by atoms with Crippen LogP contribution in [0.3, 0.4) is 0 Å². The first kappa shape index (κ1) is 19.1. The van der Waals surface area contributed by atoms with Gasteiger partial charge in [-0.3, -0.25) is 5.10 Å². The van der Waals surface area contributed by atoms with Crippen molar-refractivity contribution in [2.24, 2.45) is 5.41 Å². The number of aryl methyl sites for hydroxylation is 3. The van der Waals surface area contributed by atoms with E-state index in [0.29, 0.717) is 17.4 Å². The maximum atomic E-state index is 9.28. The van der Waals surface area contributed by atoms with E-state index in [1.54, 1.807) is 6.08 Å². The van der Waals surface area contributed by atoms with Crippen molar-refractivity contribution in [2.75, 3.05) is 10.6 Å². The molecule has 3 N–H and O–H groups in total. The zero-order chi connectivity index (χ0) is 21.8. The van der Waals surface area contributed by atoms with Crippen LogP contribution in [-0.4, -0.2) is 25.7 Å². The first-order valence-electron chi connectivity index (χ1n) is 10.2. The Kier molecular flexibility index (Phi) is 4.03. The van der Waals surface area contributed by atoms with Gasteiger partial charge in [0.15, 0.2) is 5.65 Å². The molecule has 0 atom stereocenters. The fourth-order valence-corrected chi connectivity index (χ4v) is 5.03. The number of rotatable bonds is 5. The van der Waals surface area contributed by atoms with Crippen molar-refractivity contribution in [1.82, 2.24) is 20.2 Å².